The summed E-state index contributed by atoms with van der Waals surface area (Å²) in [5.41, 5.74) is 1.74. The number of carbonyl (C=O) groups is 3. The Bertz CT molecular complexity index is 1070. The van der Waals surface area contributed by atoms with E-state index in [1.54, 1.807) is 0 Å². The highest BCUT2D eigenvalue weighted by Gasteiger charge is 2.43. The highest BCUT2D eigenvalue weighted by molar-refractivity contribution is 6.04. The molecule has 4 rings (SSSR count). The van der Waals surface area contributed by atoms with Crippen LogP contribution in [0.5, 0.6) is 0 Å². The van der Waals surface area contributed by atoms with Gasteiger partial charge >= 0.3 is 12.2 Å². The Morgan fingerprint density at radius 3 is 2.39 bits per heavy atom. The van der Waals surface area contributed by atoms with E-state index >= 15 is 0 Å². The number of nitrogens with zero attached hydrogens (tertiary/aromatic N) is 2. The van der Waals surface area contributed by atoms with Gasteiger partial charge in [-0.2, -0.15) is 0 Å². The predicted molar refractivity (Wildman–Crippen MR) is 125 cm³/mol. The van der Waals surface area contributed by atoms with Gasteiger partial charge in [0.2, 0.25) is 5.91 Å². The summed E-state index contributed by atoms with van der Waals surface area (Å²) in [6.45, 7) is 8.66. The number of hydrogen-bond acceptors (Lipinski definition) is 4. The highest BCUT2D eigenvalue weighted by atomic mass is 16.6. The minimum Gasteiger partial charge on any atom is -0.464 e. The van der Waals surface area contributed by atoms with Gasteiger partial charge in [-0.05, 0) is 81.9 Å². The fourth-order valence-corrected chi connectivity index (χ4v) is 5.39. The molecule has 3 atom stereocenters. The van der Waals surface area contributed by atoms with Gasteiger partial charge in [0, 0.05) is 31.6 Å². The summed E-state index contributed by atoms with van der Waals surface area (Å²) in [6.07, 6.45) is 4.37. The number of ether oxygens (including phenoxy) is 1. The minimum absolute atomic E-state index is 0.204. The summed E-state index contributed by atoms with van der Waals surface area (Å²) in [6, 6.07) is 5.77. The van der Waals surface area contributed by atoms with E-state index in [9.17, 15) is 19.5 Å². The Balaban J connectivity index is 1.37. The number of rotatable bonds is 4. The molecule has 0 unspecified atom stereocenters. The van der Waals surface area contributed by atoms with Crippen molar-refractivity contribution < 1.29 is 24.2 Å². The average Bonchev–Trinajstić information content (AvgIpc) is 3.36. The van der Waals surface area contributed by atoms with Crippen LogP contribution in [-0.4, -0.2) is 51.4 Å². The second-order valence-electron chi connectivity index (χ2n) is 10.5. The summed E-state index contributed by atoms with van der Waals surface area (Å²) in [7, 11) is 0. The molecule has 1 aromatic heterocycles. The SMILES string of the molecule is CC(=O)Nc1cn(C(=O)O)c2ccc(CC[C@@H]3C[C@@H]4CN(C(=O)OC(C)(C)C)C[C@@H]4C3)cc12. The van der Waals surface area contributed by atoms with Crippen LogP contribution in [0.2, 0.25) is 0 Å². The Kier molecular flexibility index (Phi) is 6.12. The van der Waals surface area contributed by atoms with E-state index in [1.165, 1.54) is 13.1 Å². The van der Waals surface area contributed by atoms with Gasteiger partial charge in [0.05, 0.1) is 11.2 Å². The first-order valence-electron chi connectivity index (χ1n) is 11.6. The molecule has 1 aliphatic heterocycles. The van der Waals surface area contributed by atoms with Gasteiger partial charge in [0.25, 0.3) is 0 Å². The van der Waals surface area contributed by atoms with Crippen molar-refractivity contribution in [3.63, 3.8) is 0 Å². The number of fused-ring (bicyclic) bond motifs is 2. The molecule has 0 spiro atoms. The standard InChI is InChI=1S/C25H33N3O5/c1-15(29)26-21-14-28(23(30)31)22-8-7-16(11-20(21)22)5-6-17-9-18-12-27(13-19(18)10-17)24(32)33-25(2,3)4/h7-8,11,14,17-19H,5-6,9-10,12-13H2,1-4H3,(H,26,29)(H,30,31)/t17-,18-,19+. The fraction of sp³-hybridized carbons (Fsp3) is 0.560. The van der Waals surface area contributed by atoms with Crippen LogP contribution < -0.4 is 5.32 Å². The molecule has 8 heteroatoms. The van der Waals surface area contributed by atoms with Crippen LogP contribution in [-0.2, 0) is 16.0 Å². The van der Waals surface area contributed by atoms with Crippen molar-refractivity contribution in [3.05, 3.63) is 30.0 Å². The van der Waals surface area contributed by atoms with Gasteiger partial charge in [-0.1, -0.05) is 6.07 Å². The van der Waals surface area contributed by atoms with Crippen molar-refractivity contribution in [1.82, 2.24) is 9.47 Å². The first-order valence-corrected chi connectivity index (χ1v) is 11.6. The lowest BCUT2D eigenvalue weighted by atomic mass is 9.96. The van der Waals surface area contributed by atoms with Crippen molar-refractivity contribution in [2.45, 2.75) is 59.0 Å². The average molecular weight is 456 g/mol. The van der Waals surface area contributed by atoms with Gasteiger partial charge in [-0.15, -0.1) is 0 Å². The molecule has 1 saturated heterocycles. The maximum atomic E-state index is 12.4. The van der Waals surface area contributed by atoms with Crippen LogP contribution in [0.15, 0.2) is 24.4 Å². The lowest BCUT2D eigenvalue weighted by molar-refractivity contribution is -0.114. The topological polar surface area (TPSA) is 101 Å². The van der Waals surface area contributed by atoms with Gasteiger partial charge in [-0.25, -0.2) is 9.59 Å². The minimum atomic E-state index is -1.08. The van der Waals surface area contributed by atoms with Crippen molar-refractivity contribution in [2.75, 3.05) is 18.4 Å². The monoisotopic (exact) mass is 455 g/mol. The number of benzene rings is 1. The number of nitrogens with one attached hydrogen (secondary N) is 1. The lowest BCUT2D eigenvalue weighted by Gasteiger charge is -2.25. The number of anilines is 1. The van der Waals surface area contributed by atoms with Crippen LogP contribution in [0.3, 0.4) is 0 Å². The third-order valence-electron chi connectivity index (χ3n) is 6.73. The molecule has 1 saturated carbocycles. The first-order chi connectivity index (χ1) is 15.5. The maximum absolute atomic E-state index is 12.4. The molecule has 2 heterocycles. The second kappa shape index (κ2) is 8.72. The van der Waals surface area contributed by atoms with Crippen molar-refractivity contribution >= 4 is 34.7 Å². The lowest BCUT2D eigenvalue weighted by Crippen LogP contribution is -2.36. The van der Waals surface area contributed by atoms with E-state index in [0.717, 1.165) is 54.3 Å². The number of hydrogen-bond donors (Lipinski definition) is 2. The number of amides is 2. The van der Waals surface area contributed by atoms with E-state index in [4.69, 9.17) is 4.74 Å². The van der Waals surface area contributed by atoms with Crippen molar-refractivity contribution in [2.24, 2.45) is 17.8 Å². The molecular formula is C25H33N3O5. The number of carbonyl (C=O) groups excluding carboxylic acids is 2. The normalized spacial score (nSPS) is 22.4. The Morgan fingerprint density at radius 2 is 1.82 bits per heavy atom. The summed E-state index contributed by atoms with van der Waals surface area (Å²) in [4.78, 5) is 37.3. The van der Waals surface area contributed by atoms with Gasteiger partial charge < -0.3 is 20.1 Å². The van der Waals surface area contributed by atoms with Crippen LogP contribution in [0.1, 0.15) is 52.5 Å². The van der Waals surface area contributed by atoms with E-state index in [1.807, 2.05) is 43.9 Å². The molecule has 33 heavy (non-hydrogen) atoms. The summed E-state index contributed by atoms with van der Waals surface area (Å²) in [5.74, 6) is 1.47. The molecule has 2 aromatic rings. The first kappa shape index (κ1) is 23.1. The zero-order valence-corrected chi connectivity index (χ0v) is 19.8. The Hall–Kier alpha value is -3.03. The zero-order chi connectivity index (χ0) is 23.9. The van der Waals surface area contributed by atoms with Gasteiger partial charge in [-0.3, -0.25) is 9.36 Å². The molecule has 1 aromatic carbocycles. The molecule has 0 radical (unpaired) electrons. The molecule has 178 valence electrons. The van der Waals surface area contributed by atoms with Crippen LogP contribution in [0.4, 0.5) is 15.3 Å². The molecule has 8 nitrogen and oxygen atoms in total. The predicted octanol–water partition coefficient (Wildman–Crippen LogP) is 4.95. The zero-order valence-electron chi connectivity index (χ0n) is 19.8. The molecule has 2 N–H and O–H groups in total. The smallest absolute Gasteiger partial charge is 0.416 e. The number of likely N-dealkylation sites (tertiary alicyclic amines) is 1. The quantitative estimate of drug-likeness (QED) is 0.679. The van der Waals surface area contributed by atoms with E-state index in [2.05, 4.69) is 5.32 Å². The van der Waals surface area contributed by atoms with Crippen LogP contribution in [0, 0.1) is 17.8 Å². The van der Waals surface area contributed by atoms with Gasteiger partial charge in [0.15, 0.2) is 0 Å². The van der Waals surface area contributed by atoms with Crippen molar-refractivity contribution in [1.29, 1.82) is 0 Å². The van der Waals surface area contributed by atoms with E-state index in [-0.39, 0.29) is 12.0 Å². The number of aromatic nitrogens is 1. The Morgan fingerprint density at radius 1 is 1.15 bits per heavy atom. The fourth-order valence-electron chi connectivity index (χ4n) is 5.39. The van der Waals surface area contributed by atoms with E-state index in [0.29, 0.717) is 29.0 Å². The molecule has 1 aliphatic carbocycles. The highest BCUT2D eigenvalue weighted by Crippen LogP contribution is 2.43. The molecular weight excluding hydrogens is 422 g/mol. The molecule has 2 aliphatic rings. The maximum Gasteiger partial charge on any atom is 0.416 e. The summed E-state index contributed by atoms with van der Waals surface area (Å²) < 4.78 is 6.66. The second-order valence-corrected chi connectivity index (χ2v) is 10.5. The summed E-state index contributed by atoms with van der Waals surface area (Å²) in [5, 5.41) is 12.9. The third kappa shape index (κ3) is 5.15. The summed E-state index contributed by atoms with van der Waals surface area (Å²) >= 11 is 0. The molecule has 0 bridgehead atoms. The van der Waals surface area contributed by atoms with Crippen LogP contribution >= 0.6 is 0 Å². The number of carboxylic acid groups (broad SMARTS) is 1. The molecule has 2 fully saturated rings. The Labute approximate surface area is 193 Å². The molecule has 2 amide bonds. The largest absolute Gasteiger partial charge is 0.464 e. The van der Waals surface area contributed by atoms with Gasteiger partial charge in [0.1, 0.15) is 5.60 Å². The third-order valence-corrected chi connectivity index (χ3v) is 6.73. The van der Waals surface area contributed by atoms with Crippen molar-refractivity contribution in [3.8, 4) is 0 Å². The van der Waals surface area contributed by atoms with Crippen LogP contribution in [0.25, 0.3) is 10.9 Å². The number of aryl methyl sites for hydroxylation is 1. The van der Waals surface area contributed by atoms with E-state index < -0.39 is 11.7 Å².